The Morgan fingerprint density at radius 2 is 1.85 bits per heavy atom. The Kier molecular flexibility index (Phi) is 3.57. The van der Waals surface area contributed by atoms with E-state index in [9.17, 15) is 9.59 Å². The molecule has 1 saturated carbocycles. The van der Waals surface area contributed by atoms with E-state index < -0.39 is 5.41 Å². The van der Waals surface area contributed by atoms with E-state index in [0.717, 1.165) is 12.8 Å². The third kappa shape index (κ3) is 2.62. The Labute approximate surface area is 156 Å². The van der Waals surface area contributed by atoms with Crippen LogP contribution in [-0.4, -0.2) is 62.9 Å². The lowest BCUT2D eigenvalue weighted by atomic mass is 9.81. The molecule has 4 heterocycles. The summed E-state index contributed by atoms with van der Waals surface area (Å²) in [5, 5.41) is 3.96. The maximum absolute atomic E-state index is 12.9. The van der Waals surface area contributed by atoms with E-state index in [1.807, 2.05) is 9.80 Å². The first-order valence-corrected chi connectivity index (χ1v) is 9.36. The van der Waals surface area contributed by atoms with E-state index in [1.54, 1.807) is 31.5 Å². The van der Waals surface area contributed by atoms with Gasteiger partial charge in [0.15, 0.2) is 5.82 Å². The van der Waals surface area contributed by atoms with Crippen LogP contribution in [0.2, 0.25) is 0 Å². The Hall–Kier alpha value is -2.77. The normalized spacial score (nSPS) is 27.1. The summed E-state index contributed by atoms with van der Waals surface area (Å²) in [5.41, 5.74) is 0.141. The molecule has 2 aromatic rings. The van der Waals surface area contributed by atoms with Gasteiger partial charge in [0.05, 0.1) is 5.41 Å². The number of carbonyl (C=O) groups is 2. The molecule has 2 amide bonds. The molecule has 27 heavy (non-hydrogen) atoms. The van der Waals surface area contributed by atoms with Gasteiger partial charge in [-0.25, -0.2) is 0 Å². The zero-order chi connectivity index (χ0) is 18.6. The van der Waals surface area contributed by atoms with Crippen molar-refractivity contribution >= 4 is 11.8 Å². The Bertz CT molecular complexity index is 894. The molecule has 2 saturated heterocycles. The quantitative estimate of drug-likeness (QED) is 0.805. The second kappa shape index (κ2) is 5.87. The molecular formula is C19H21N5O3. The van der Waals surface area contributed by atoms with E-state index in [-0.39, 0.29) is 23.7 Å². The average Bonchev–Trinajstić information content (AvgIpc) is 3.18. The predicted molar refractivity (Wildman–Crippen MR) is 93.6 cm³/mol. The molecule has 8 heteroatoms. The molecule has 2 aromatic heterocycles. The summed E-state index contributed by atoms with van der Waals surface area (Å²) in [4.78, 5) is 37.8. The molecule has 0 aromatic carbocycles. The van der Waals surface area contributed by atoms with E-state index in [1.165, 1.54) is 0 Å². The minimum Gasteiger partial charge on any atom is -0.341 e. The second-order valence-electron chi connectivity index (χ2n) is 7.91. The van der Waals surface area contributed by atoms with Crippen LogP contribution in [0.3, 0.4) is 0 Å². The third-order valence-electron chi connectivity index (χ3n) is 6.02. The zero-order valence-electron chi connectivity index (χ0n) is 15.2. The van der Waals surface area contributed by atoms with Crippen molar-refractivity contribution in [2.24, 2.45) is 11.8 Å². The van der Waals surface area contributed by atoms with Crippen molar-refractivity contribution in [3.63, 3.8) is 0 Å². The highest BCUT2D eigenvalue weighted by Gasteiger charge is 2.59. The molecule has 2 atom stereocenters. The van der Waals surface area contributed by atoms with Gasteiger partial charge in [-0.2, -0.15) is 4.98 Å². The van der Waals surface area contributed by atoms with Crippen LogP contribution in [0.15, 0.2) is 29.0 Å². The van der Waals surface area contributed by atoms with Gasteiger partial charge in [-0.05, 0) is 31.9 Å². The molecule has 0 radical (unpaired) electrons. The summed E-state index contributed by atoms with van der Waals surface area (Å²) >= 11 is 0. The van der Waals surface area contributed by atoms with Gasteiger partial charge in [-0.1, -0.05) is 5.16 Å². The highest BCUT2D eigenvalue weighted by molar-refractivity contribution is 5.94. The highest BCUT2D eigenvalue weighted by atomic mass is 16.5. The molecule has 0 bridgehead atoms. The summed E-state index contributed by atoms with van der Waals surface area (Å²) in [6, 6.07) is 3.45. The van der Waals surface area contributed by atoms with Crippen molar-refractivity contribution in [3.8, 4) is 0 Å². The number of rotatable bonds is 3. The summed E-state index contributed by atoms with van der Waals surface area (Å²) in [6.45, 7) is 4.02. The van der Waals surface area contributed by atoms with Crippen LogP contribution >= 0.6 is 0 Å². The molecule has 8 nitrogen and oxygen atoms in total. The molecule has 2 aliphatic heterocycles. The van der Waals surface area contributed by atoms with Crippen LogP contribution < -0.4 is 0 Å². The summed E-state index contributed by atoms with van der Waals surface area (Å²) in [5.74, 6) is 1.60. The Balaban J connectivity index is 1.45. The fourth-order valence-electron chi connectivity index (χ4n) is 4.46. The molecular weight excluding hydrogens is 346 g/mol. The molecule has 1 aliphatic carbocycles. The van der Waals surface area contributed by atoms with Gasteiger partial charge in [0.25, 0.3) is 5.91 Å². The summed E-state index contributed by atoms with van der Waals surface area (Å²) in [6.07, 6.45) is 5.22. The van der Waals surface area contributed by atoms with Gasteiger partial charge in [0.1, 0.15) is 0 Å². The number of pyridine rings is 1. The van der Waals surface area contributed by atoms with Gasteiger partial charge in [-0.3, -0.25) is 14.6 Å². The standard InChI is InChI=1S/C19H21N5O3/c1-12-21-18(27-22-12)19-10-23(16(25)13-2-3-13)8-15(19)9-24(11-19)17(26)14-4-6-20-7-5-14/h4-7,13,15H,2-3,8-11H2,1H3/t15-,19-/m1/s1. The Morgan fingerprint density at radius 3 is 2.52 bits per heavy atom. The van der Waals surface area contributed by atoms with Crippen molar-refractivity contribution < 1.29 is 14.1 Å². The van der Waals surface area contributed by atoms with Crippen molar-refractivity contribution in [2.45, 2.75) is 25.2 Å². The number of aromatic nitrogens is 3. The van der Waals surface area contributed by atoms with Crippen LogP contribution in [0.1, 0.15) is 34.9 Å². The number of hydrogen-bond acceptors (Lipinski definition) is 6. The molecule has 3 fully saturated rings. The largest absolute Gasteiger partial charge is 0.341 e. The van der Waals surface area contributed by atoms with Gasteiger partial charge >= 0.3 is 0 Å². The fraction of sp³-hybridized carbons (Fsp3) is 0.526. The number of hydrogen-bond donors (Lipinski definition) is 0. The molecule has 3 aliphatic rings. The molecule has 140 valence electrons. The lowest BCUT2D eigenvalue weighted by molar-refractivity contribution is -0.131. The van der Waals surface area contributed by atoms with Crippen LogP contribution in [-0.2, 0) is 10.2 Å². The fourth-order valence-corrected chi connectivity index (χ4v) is 4.46. The number of aryl methyl sites for hydroxylation is 1. The lowest BCUT2D eigenvalue weighted by Gasteiger charge is -2.26. The first-order valence-electron chi connectivity index (χ1n) is 9.36. The van der Waals surface area contributed by atoms with Crippen molar-refractivity contribution in [2.75, 3.05) is 26.2 Å². The first kappa shape index (κ1) is 16.4. The average molecular weight is 367 g/mol. The number of nitrogens with zero attached hydrogens (tertiary/aromatic N) is 5. The van der Waals surface area contributed by atoms with Gasteiger partial charge < -0.3 is 14.3 Å². The molecule has 0 unspecified atom stereocenters. The van der Waals surface area contributed by atoms with Crippen molar-refractivity contribution in [1.29, 1.82) is 0 Å². The second-order valence-corrected chi connectivity index (χ2v) is 7.91. The predicted octanol–water partition coefficient (Wildman–Crippen LogP) is 1.04. The number of likely N-dealkylation sites (tertiary alicyclic amines) is 2. The van der Waals surface area contributed by atoms with E-state index >= 15 is 0 Å². The Morgan fingerprint density at radius 1 is 1.15 bits per heavy atom. The van der Waals surface area contributed by atoms with Crippen molar-refractivity contribution in [3.05, 3.63) is 41.8 Å². The van der Waals surface area contributed by atoms with E-state index in [2.05, 4.69) is 15.1 Å². The van der Waals surface area contributed by atoms with Gasteiger partial charge in [0, 0.05) is 56.0 Å². The minimum atomic E-state index is -0.478. The van der Waals surface area contributed by atoms with Gasteiger partial charge in [-0.15, -0.1) is 0 Å². The topological polar surface area (TPSA) is 92.4 Å². The molecule has 0 spiro atoms. The van der Waals surface area contributed by atoms with E-state index in [4.69, 9.17) is 4.52 Å². The summed E-state index contributed by atoms with van der Waals surface area (Å²) < 4.78 is 5.54. The smallest absolute Gasteiger partial charge is 0.254 e. The van der Waals surface area contributed by atoms with Crippen LogP contribution in [0, 0.1) is 18.8 Å². The molecule has 0 N–H and O–H groups in total. The summed E-state index contributed by atoms with van der Waals surface area (Å²) in [7, 11) is 0. The minimum absolute atomic E-state index is 0.0255. The van der Waals surface area contributed by atoms with Crippen LogP contribution in [0.4, 0.5) is 0 Å². The van der Waals surface area contributed by atoms with Crippen LogP contribution in [0.5, 0.6) is 0 Å². The SMILES string of the molecule is Cc1noc([C@]23CN(C(=O)c4ccncc4)C[C@H]2CN(C(=O)C2CC2)C3)n1. The number of carbonyl (C=O) groups excluding carboxylic acids is 2. The van der Waals surface area contributed by atoms with Gasteiger partial charge in [0.2, 0.25) is 11.8 Å². The maximum atomic E-state index is 12.9. The highest BCUT2D eigenvalue weighted by Crippen LogP contribution is 2.46. The lowest BCUT2D eigenvalue weighted by Crippen LogP contribution is -2.41. The monoisotopic (exact) mass is 367 g/mol. The van der Waals surface area contributed by atoms with E-state index in [0.29, 0.717) is 43.5 Å². The number of amides is 2. The maximum Gasteiger partial charge on any atom is 0.254 e. The zero-order valence-corrected chi connectivity index (χ0v) is 15.2. The molecule has 5 rings (SSSR count). The first-order chi connectivity index (χ1) is 13.1. The number of fused-ring (bicyclic) bond motifs is 1. The third-order valence-corrected chi connectivity index (χ3v) is 6.02. The van der Waals surface area contributed by atoms with Crippen LogP contribution in [0.25, 0.3) is 0 Å². The van der Waals surface area contributed by atoms with Crippen molar-refractivity contribution in [1.82, 2.24) is 24.9 Å².